The Labute approximate surface area is 236 Å². The monoisotopic (exact) mass is 577 g/mol. The van der Waals surface area contributed by atoms with Crippen molar-refractivity contribution in [3.63, 3.8) is 0 Å². The van der Waals surface area contributed by atoms with Gasteiger partial charge in [-0.15, -0.1) is 0 Å². The molecular formula is C28H37F2N5O6. The lowest BCUT2D eigenvalue weighted by Gasteiger charge is -2.21. The van der Waals surface area contributed by atoms with Crippen molar-refractivity contribution in [1.82, 2.24) is 20.9 Å². The molecule has 13 heteroatoms. The number of benzene rings is 1. The second-order valence-corrected chi connectivity index (χ2v) is 10.9. The van der Waals surface area contributed by atoms with E-state index < -0.39 is 66.4 Å². The Hall–Kier alpha value is -3.87. The van der Waals surface area contributed by atoms with E-state index in [-0.39, 0.29) is 34.8 Å². The molecule has 2 unspecified atom stereocenters. The number of rotatable bonds is 11. The van der Waals surface area contributed by atoms with Crippen molar-refractivity contribution < 1.29 is 37.5 Å². The first kappa shape index (κ1) is 31.7. The standard InChI is InChI=1S/C24H29F2N5O6.C4H8/c1-11(2)20(27)24(36)37-10-18(32)16(6-12-3-4-28-22(12)34)30-19(33)9-29-23(35)17-7-13-5-14(25)8-15(26)21(13)31-17;1-4-2-3-4/h5,7-8,11-12,16,20,31H,3-4,6,9-10,27H2,1-2H3,(H,28,34)(H,29,35)(H,30,33);4H,2-3H2,1H3/t12-,16?,20?;/m0./s1. The van der Waals surface area contributed by atoms with Gasteiger partial charge in [0.2, 0.25) is 11.8 Å². The average Bonchev–Trinajstić information content (AvgIpc) is 3.40. The maximum absolute atomic E-state index is 13.9. The largest absolute Gasteiger partial charge is 0.456 e. The van der Waals surface area contributed by atoms with E-state index in [1.807, 2.05) is 0 Å². The lowest BCUT2D eigenvalue weighted by atomic mass is 9.96. The van der Waals surface area contributed by atoms with Gasteiger partial charge < -0.3 is 31.4 Å². The van der Waals surface area contributed by atoms with Crippen LogP contribution < -0.4 is 21.7 Å². The number of esters is 1. The van der Waals surface area contributed by atoms with E-state index in [4.69, 9.17) is 10.5 Å². The minimum Gasteiger partial charge on any atom is -0.456 e. The summed E-state index contributed by atoms with van der Waals surface area (Å²) in [4.78, 5) is 64.2. The van der Waals surface area contributed by atoms with E-state index in [0.29, 0.717) is 19.0 Å². The Morgan fingerprint density at radius 1 is 1.12 bits per heavy atom. The number of hydrogen-bond donors (Lipinski definition) is 5. The fourth-order valence-corrected chi connectivity index (χ4v) is 3.99. The number of carbonyl (C=O) groups excluding carboxylic acids is 5. The maximum Gasteiger partial charge on any atom is 0.323 e. The summed E-state index contributed by atoms with van der Waals surface area (Å²) in [5.74, 6) is -4.52. The van der Waals surface area contributed by atoms with Gasteiger partial charge in [0.1, 0.15) is 23.4 Å². The highest BCUT2D eigenvalue weighted by atomic mass is 19.1. The Bertz CT molecular complexity index is 1290. The first-order chi connectivity index (χ1) is 19.3. The number of hydrogen-bond acceptors (Lipinski definition) is 7. The predicted octanol–water partition coefficient (Wildman–Crippen LogP) is 1.70. The van der Waals surface area contributed by atoms with Crippen LogP contribution in [0.5, 0.6) is 0 Å². The second kappa shape index (κ2) is 14.2. The van der Waals surface area contributed by atoms with Gasteiger partial charge in [-0.05, 0) is 36.8 Å². The molecule has 11 nitrogen and oxygen atoms in total. The summed E-state index contributed by atoms with van der Waals surface area (Å²) in [6.45, 7) is 4.94. The summed E-state index contributed by atoms with van der Waals surface area (Å²) >= 11 is 0. The topological polar surface area (TPSA) is 172 Å². The molecule has 1 saturated heterocycles. The molecule has 41 heavy (non-hydrogen) atoms. The van der Waals surface area contributed by atoms with E-state index in [1.54, 1.807) is 13.8 Å². The van der Waals surface area contributed by atoms with Crippen LogP contribution in [0.2, 0.25) is 0 Å². The molecule has 3 amide bonds. The summed E-state index contributed by atoms with van der Waals surface area (Å²) in [5, 5.41) is 7.58. The van der Waals surface area contributed by atoms with Gasteiger partial charge in [0.15, 0.2) is 12.4 Å². The van der Waals surface area contributed by atoms with Crippen LogP contribution in [0.25, 0.3) is 10.9 Å². The zero-order valence-corrected chi connectivity index (χ0v) is 23.4. The van der Waals surface area contributed by atoms with Crippen molar-refractivity contribution in [3.05, 3.63) is 35.5 Å². The van der Waals surface area contributed by atoms with E-state index in [0.717, 1.165) is 12.0 Å². The fraction of sp³-hybridized carbons (Fsp3) is 0.536. The number of H-pyrrole nitrogens is 1. The van der Waals surface area contributed by atoms with Gasteiger partial charge in [-0.25, -0.2) is 8.78 Å². The van der Waals surface area contributed by atoms with Crippen LogP contribution in [0.4, 0.5) is 8.78 Å². The summed E-state index contributed by atoms with van der Waals surface area (Å²) in [7, 11) is 0. The zero-order valence-electron chi connectivity index (χ0n) is 23.4. The molecule has 1 aliphatic heterocycles. The molecule has 1 aromatic heterocycles. The summed E-state index contributed by atoms with van der Waals surface area (Å²) in [6.07, 6.45) is 3.41. The minimum absolute atomic E-state index is 0.0228. The highest BCUT2D eigenvalue weighted by molar-refractivity contribution is 6.00. The van der Waals surface area contributed by atoms with Crippen LogP contribution in [0.1, 0.15) is 56.9 Å². The van der Waals surface area contributed by atoms with Crippen LogP contribution in [0.15, 0.2) is 18.2 Å². The maximum atomic E-state index is 13.9. The molecule has 224 valence electrons. The molecule has 2 aromatic rings. The number of nitrogens with one attached hydrogen (secondary N) is 4. The zero-order chi connectivity index (χ0) is 30.3. The Kier molecular flexibility index (Phi) is 10.9. The lowest BCUT2D eigenvalue weighted by molar-refractivity contribution is -0.151. The number of Topliss-reactive ketones (excluding diaryl/α,β-unsaturated/α-hetero) is 1. The first-order valence-electron chi connectivity index (χ1n) is 13.6. The molecule has 2 aliphatic rings. The average molecular weight is 578 g/mol. The van der Waals surface area contributed by atoms with Gasteiger partial charge in [0.05, 0.1) is 18.1 Å². The summed E-state index contributed by atoms with van der Waals surface area (Å²) in [5.41, 5.74) is 5.55. The first-order valence-corrected chi connectivity index (χ1v) is 13.6. The molecular weight excluding hydrogens is 540 g/mol. The number of aromatic amines is 1. The summed E-state index contributed by atoms with van der Waals surface area (Å²) < 4.78 is 32.3. The molecule has 2 heterocycles. The van der Waals surface area contributed by atoms with Crippen LogP contribution >= 0.6 is 0 Å². The van der Waals surface area contributed by atoms with Gasteiger partial charge in [0.25, 0.3) is 5.91 Å². The minimum atomic E-state index is -1.16. The number of halogens is 2. The summed E-state index contributed by atoms with van der Waals surface area (Å²) in [6, 6.07) is 0.867. The molecule has 0 spiro atoms. The second-order valence-electron chi connectivity index (χ2n) is 10.9. The molecule has 2 fully saturated rings. The lowest BCUT2D eigenvalue weighted by Crippen LogP contribution is -2.48. The van der Waals surface area contributed by atoms with Crippen LogP contribution in [-0.4, -0.2) is 66.2 Å². The number of ether oxygens (including phenoxy) is 1. The van der Waals surface area contributed by atoms with Crippen molar-refractivity contribution in [2.75, 3.05) is 19.7 Å². The van der Waals surface area contributed by atoms with Crippen molar-refractivity contribution in [3.8, 4) is 0 Å². The smallest absolute Gasteiger partial charge is 0.323 e. The van der Waals surface area contributed by atoms with Crippen LogP contribution in [0.3, 0.4) is 0 Å². The number of aromatic nitrogens is 1. The van der Waals surface area contributed by atoms with Crippen LogP contribution in [0, 0.1) is 29.4 Å². The molecule has 1 aliphatic carbocycles. The van der Waals surface area contributed by atoms with Crippen LogP contribution in [-0.2, 0) is 23.9 Å². The van der Waals surface area contributed by atoms with Crippen molar-refractivity contribution in [2.45, 2.75) is 58.5 Å². The molecule has 6 N–H and O–H groups in total. The third-order valence-corrected chi connectivity index (χ3v) is 6.92. The van der Waals surface area contributed by atoms with E-state index in [1.165, 1.54) is 18.9 Å². The third kappa shape index (κ3) is 9.34. The fourth-order valence-electron chi connectivity index (χ4n) is 3.99. The number of amides is 3. The van der Waals surface area contributed by atoms with Crippen molar-refractivity contribution >= 4 is 40.4 Å². The van der Waals surface area contributed by atoms with Gasteiger partial charge >= 0.3 is 5.97 Å². The van der Waals surface area contributed by atoms with E-state index >= 15 is 0 Å². The van der Waals surface area contributed by atoms with Gasteiger partial charge in [-0.2, -0.15) is 0 Å². The highest BCUT2D eigenvalue weighted by Gasteiger charge is 2.32. The number of nitrogens with two attached hydrogens (primary N) is 1. The van der Waals surface area contributed by atoms with E-state index in [9.17, 15) is 32.8 Å². The van der Waals surface area contributed by atoms with Crippen molar-refractivity contribution in [2.24, 2.45) is 23.5 Å². The Morgan fingerprint density at radius 2 is 1.80 bits per heavy atom. The molecule has 0 bridgehead atoms. The number of carbonyl (C=O) groups is 5. The van der Waals surface area contributed by atoms with E-state index in [2.05, 4.69) is 27.9 Å². The SMILES string of the molecule is CC(C)C(N)C(=O)OCC(=O)C(C[C@@H]1CCNC1=O)NC(=O)CNC(=O)c1cc2cc(F)cc(F)c2[nH]1.CC1CC1. The third-order valence-electron chi connectivity index (χ3n) is 6.92. The van der Waals surface area contributed by atoms with Gasteiger partial charge in [0, 0.05) is 23.9 Å². The van der Waals surface area contributed by atoms with Gasteiger partial charge in [-0.3, -0.25) is 24.0 Å². The molecule has 1 saturated carbocycles. The highest BCUT2D eigenvalue weighted by Crippen LogP contribution is 2.26. The van der Waals surface area contributed by atoms with Crippen molar-refractivity contribution in [1.29, 1.82) is 0 Å². The molecule has 0 radical (unpaired) electrons. The Morgan fingerprint density at radius 3 is 2.39 bits per heavy atom. The normalized spacial score (nSPS) is 17.7. The van der Waals surface area contributed by atoms with Gasteiger partial charge in [-0.1, -0.05) is 33.6 Å². The molecule has 4 rings (SSSR count). The predicted molar refractivity (Wildman–Crippen MR) is 145 cm³/mol. The Balaban J connectivity index is 0.00000106. The number of ketones is 1. The molecule has 1 aromatic carbocycles. The quantitative estimate of drug-likeness (QED) is 0.253. The molecule has 3 atom stereocenters. The number of fused-ring (bicyclic) bond motifs is 1.